The van der Waals surface area contributed by atoms with Crippen LogP contribution in [0.3, 0.4) is 0 Å². The molecular formula is C17H22N2O2. The van der Waals surface area contributed by atoms with E-state index in [1.807, 2.05) is 44.2 Å². The smallest absolute Gasteiger partial charge is 0.253 e. The molecule has 21 heavy (non-hydrogen) atoms. The Kier molecular flexibility index (Phi) is 5.14. The summed E-state index contributed by atoms with van der Waals surface area (Å²) in [6.07, 6.45) is 2.25. The number of para-hydroxylation sites is 1. The molecule has 0 aliphatic carbocycles. The maximum absolute atomic E-state index is 12.2. The Balaban J connectivity index is 2.29. The van der Waals surface area contributed by atoms with Gasteiger partial charge in [-0.05, 0) is 30.4 Å². The summed E-state index contributed by atoms with van der Waals surface area (Å²) in [5.74, 6) is 0.118. The van der Waals surface area contributed by atoms with Gasteiger partial charge < -0.3 is 9.88 Å². The number of benzene rings is 1. The van der Waals surface area contributed by atoms with Crippen molar-refractivity contribution < 1.29 is 4.79 Å². The van der Waals surface area contributed by atoms with E-state index >= 15 is 0 Å². The number of rotatable bonds is 6. The molecule has 0 spiro atoms. The van der Waals surface area contributed by atoms with Crippen molar-refractivity contribution in [3.63, 3.8) is 0 Å². The van der Waals surface area contributed by atoms with E-state index in [1.165, 1.54) is 0 Å². The second-order valence-electron chi connectivity index (χ2n) is 5.28. The summed E-state index contributed by atoms with van der Waals surface area (Å²) in [4.78, 5) is 28.9. The third kappa shape index (κ3) is 3.72. The summed E-state index contributed by atoms with van der Waals surface area (Å²) < 4.78 is 0. The first-order valence-corrected chi connectivity index (χ1v) is 7.54. The van der Waals surface area contributed by atoms with Gasteiger partial charge >= 0.3 is 0 Å². The molecule has 1 aromatic carbocycles. The Morgan fingerprint density at radius 2 is 1.95 bits per heavy atom. The van der Waals surface area contributed by atoms with E-state index < -0.39 is 0 Å². The SMILES string of the molecule is CCCC(=O)N(CCC)Cc1cc2ccccc2[nH]c1=O. The number of aromatic nitrogens is 1. The Morgan fingerprint density at radius 3 is 2.67 bits per heavy atom. The number of hydrogen-bond acceptors (Lipinski definition) is 2. The van der Waals surface area contributed by atoms with E-state index in [0.29, 0.717) is 25.1 Å². The number of H-pyrrole nitrogens is 1. The zero-order chi connectivity index (χ0) is 15.2. The number of carbonyl (C=O) groups excluding carboxylic acids is 1. The van der Waals surface area contributed by atoms with E-state index in [4.69, 9.17) is 0 Å². The largest absolute Gasteiger partial charge is 0.338 e. The fourth-order valence-corrected chi connectivity index (χ4v) is 2.45. The van der Waals surface area contributed by atoms with Gasteiger partial charge in [0.1, 0.15) is 0 Å². The van der Waals surface area contributed by atoms with Gasteiger partial charge in [-0.25, -0.2) is 0 Å². The summed E-state index contributed by atoms with van der Waals surface area (Å²) in [5, 5.41) is 0.992. The number of carbonyl (C=O) groups is 1. The quantitative estimate of drug-likeness (QED) is 0.887. The third-order valence-corrected chi connectivity index (χ3v) is 3.50. The lowest BCUT2D eigenvalue weighted by Crippen LogP contribution is -2.33. The van der Waals surface area contributed by atoms with Crippen LogP contribution in [-0.2, 0) is 11.3 Å². The van der Waals surface area contributed by atoms with Crippen LogP contribution in [0, 0.1) is 0 Å². The van der Waals surface area contributed by atoms with Gasteiger partial charge in [0.15, 0.2) is 0 Å². The molecule has 0 radical (unpaired) electrons. The first-order valence-electron chi connectivity index (χ1n) is 7.54. The van der Waals surface area contributed by atoms with Crippen LogP contribution in [0.4, 0.5) is 0 Å². The number of pyridine rings is 1. The van der Waals surface area contributed by atoms with E-state index in [2.05, 4.69) is 4.98 Å². The fraction of sp³-hybridized carbons (Fsp3) is 0.412. The van der Waals surface area contributed by atoms with Gasteiger partial charge in [-0.2, -0.15) is 0 Å². The average molecular weight is 286 g/mol. The monoisotopic (exact) mass is 286 g/mol. The average Bonchev–Trinajstić information content (AvgIpc) is 2.47. The zero-order valence-corrected chi connectivity index (χ0v) is 12.7. The van der Waals surface area contributed by atoms with Crippen LogP contribution in [0.2, 0.25) is 0 Å². The lowest BCUT2D eigenvalue weighted by molar-refractivity contribution is -0.131. The highest BCUT2D eigenvalue weighted by molar-refractivity contribution is 5.79. The minimum Gasteiger partial charge on any atom is -0.338 e. The third-order valence-electron chi connectivity index (χ3n) is 3.50. The van der Waals surface area contributed by atoms with Gasteiger partial charge in [-0.3, -0.25) is 9.59 Å². The second kappa shape index (κ2) is 7.07. The van der Waals surface area contributed by atoms with Crippen molar-refractivity contribution in [1.29, 1.82) is 0 Å². The molecule has 0 aliphatic rings. The Labute approximate surface area is 124 Å². The number of nitrogens with one attached hydrogen (secondary N) is 1. The molecule has 0 fully saturated rings. The summed E-state index contributed by atoms with van der Waals surface area (Å²) in [6.45, 7) is 5.10. The second-order valence-corrected chi connectivity index (χ2v) is 5.28. The van der Waals surface area contributed by atoms with Crippen LogP contribution in [0.5, 0.6) is 0 Å². The molecule has 1 aromatic heterocycles. The Morgan fingerprint density at radius 1 is 1.19 bits per heavy atom. The van der Waals surface area contributed by atoms with Crippen LogP contribution >= 0.6 is 0 Å². The minimum atomic E-state index is -0.112. The predicted molar refractivity (Wildman–Crippen MR) is 85.2 cm³/mol. The normalized spacial score (nSPS) is 10.8. The molecule has 0 bridgehead atoms. The molecule has 2 rings (SSSR count). The number of nitrogens with zero attached hydrogens (tertiary/aromatic N) is 1. The molecule has 0 saturated carbocycles. The van der Waals surface area contributed by atoms with E-state index in [-0.39, 0.29) is 11.5 Å². The summed E-state index contributed by atoms with van der Waals surface area (Å²) in [7, 11) is 0. The van der Waals surface area contributed by atoms with E-state index in [0.717, 1.165) is 23.7 Å². The summed E-state index contributed by atoms with van der Waals surface area (Å²) in [6, 6.07) is 9.57. The van der Waals surface area contributed by atoms with E-state index in [9.17, 15) is 9.59 Å². The molecule has 0 atom stereocenters. The van der Waals surface area contributed by atoms with Crippen molar-refractivity contribution in [1.82, 2.24) is 9.88 Å². The van der Waals surface area contributed by atoms with Gasteiger partial charge in [-0.15, -0.1) is 0 Å². The highest BCUT2D eigenvalue weighted by atomic mass is 16.2. The highest BCUT2D eigenvalue weighted by Crippen LogP contribution is 2.12. The fourth-order valence-electron chi connectivity index (χ4n) is 2.45. The number of hydrogen-bond donors (Lipinski definition) is 1. The summed E-state index contributed by atoms with van der Waals surface area (Å²) >= 11 is 0. The van der Waals surface area contributed by atoms with Crippen LogP contribution in [-0.4, -0.2) is 22.3 Å². The van der Waals surface area contributed by atoms with Crippen molar-refractivity contribution in [3.05, 3.63) is 46.2 Å². The predicted octanol–water partition coefficient (Wildman–Crippen LogP) is 3.07. The first kappa shape index (κ1) is 15.3. The van der Waals surface area contributed by atoms with Crippen molar-refractivity contribution >= 4 is 16.8 Å². The van der Waals surface area contributed by atoms with Crippen molar-refractivity contribution in [2.45, 2.75) is 39.7 Å². The molecule has 4 heteroatoms. The molecule has 1 heterocycles. The van der Waals surface area contributed by atoms with Crippen LogP contribution in [0.25, 0.3) is 10.9 Å². The standard InChI is InChI=1S/C17H22N2O2/c1-3-7-16(20)19(10-4-2)12-14-11-13-8-5-6-9-15(13)18-17(14)21/h5-6,8-9,11H,3-4,7,10,12H2,1-2H3,(H,18,21). The van der Waals surface area contributed by atoms with E-state index in [1.54, 1.807) is 4.90 Å². The Hall–Kier alpha value is -2.10. The molecule has 2 aromatic rings. The van der Waals surface area contributed by atoms with Crippen LogP contribution in [0.15, 0.2) is 35.1 Å². The number of aromatic amines is 1. The molecule has 0 aliphatic heterocycles. The van der Waals surface area contributed by atoms with Crippen LogP contribution < -0.4 is 5.56 Å². The van der Waals surface area contributed by atoms with Gasteiger partial charge in [0.25, 0.3) is 5.56 Å². The number of amides is 1. The van der Waals surface area contributed by atoms with Gasteiger partial charge in [-0.1, -0.05) is 32.0 Å². The Bertz CT molecular complexity index is 676. The molecule has 0 saturated heterocycles. The zero-order valence-electron chi connectivity index (χ0n) is 12.7. The molecule has 1 N–H and O–H groups in total. The lowest BCUT2D eigenvalue weighted by Gasteiger charge is -2.21. The number of fused-ring (bicyclic) bond motifs is 1. The molecule has 112 valence electrons. The van der Waals surface area contributed by atoms with Crippen LogP contribution in [0.1, 0.15) is 38.7 Å². The topological polar surface area (TPSA) is 53.2 Å². The first-order chi connectivity index (χ1) is 10.2. The molecular weight excluding hydrogens is 264 g/mol. The van der Waals surface area contributed by atoms with Crippen molar-refractivity contribution in [2.24, 2.45) is 0 Å². The minimum absolute atomic E-state index is 0.112. The summed E-state index contributed by atoms with van der Waals surface area (Å²) in [5.41, 5.74) is 1.36. The molecule has 0 unspecified atom stereocenters. The lowest BCUT2D eigenvalue weighted by atomic mass is 10.1. The van der Waals surface area contributed by atoms with Crippen molar-refractivity contribution in [3.8, 4) is 0 Å². The van der Waals surface area contributed by atoms with Gasteiger partial charge in [0.05, 0.1) is 6.54 Å². The van der Waals surface area contributed by atoms with Crippen molar-refractivity contribution in [2.75, 3.05) is 6.54 Å². The maximum atomic E-state index is 12.2. The highest BCUT2D eigenvalue weighted by Gasteiger charge is 2.14. The maximum Gasteiger partial charge on any atom is 0.253 e. The van der Waals surface area contributed by atoms with Gasteiger partial charge in [0.2, 0.25) is 5.91 Å². The molecule has 4 nitrogen and oxygen atoms in total. The van der Waals surface area contributed by atoms with Gasteiger partial charge in [0, 0.05) is 24.0 Å². The molecule has 1 amide bonds.